The van der Waals surface area contributed by atoms with Crippen molar-refractivity contribution in [2.24, 2.45) is 0 Å². The number of phenols is 1. The first-order chi connectivity index (χ1) is 14.6. The fourth-order valence-corrected chi connectivity index (χ4v) is 3.19. The molecule has 0 fully saturated rings. The number of amides is 2. The fourth-order valence-electron chi connectivity index (χ4n) is 3.19. The molecule has 31 heavy (non-hydrogen) atoms. The number of benzene rings is 2. The smallest absolute Gasteiger partial charge is 0.418 e. The van der Waals surface area contributed by atoms with Crippen LogP contribution in [0.15, 0.2) is 54.7 Å². The number of carbonyl (C=O) groups excluding carboxylic acids is 2. The second-order valence-electron chi connectivity index (χ2n) is 8.64. The Morgan fingerprint density at radius 1 is 1.10 bits per heavy atom. The van der Waals surface area contributed by atoms with E-state index in [2.05, 4.69) is 10.6 Å². The van der Waals surface area contributed by atoms with Gasteiger partial charge in [-0.05, 0) is 76.4 Å². The Balaban J connectivity index is 1.60. The monoisotopic (exact) mass is 423 g/mol. The average molecular weight is 424 g/mol. The summed E-state index contributed by atoms with van der Waals surface area (Å²) in [7, 11) is 0. The summed E-state index contributed by atoms with van der Waals surface area (Å²) in [5.74, 6) is 0.240. The molecular formula is C24H29N3O4. The van der Waals surface area contributed by atoms with E-state index in [1.165, 1.54) is 4.57 Å². The van der Waals surface area contributed by atoms with Crippen molar-refractivity contribution < 1.29 is 19.4 Å². The minimum absolute atomic E-state index is 0.0387. The molecule has 1 aromatic heterocycles. The number of rotatable bonds is 5. The highest BCUT2D eigenvalue weighted by molar-refractivity contribution is 5.95. The van der Waals surface area contributed by atoms with Crippen molar-refractivity contribution in [1.82, 2.24) is 9.88 Å². The third-order valence-corrected chi connectivity index (χ3v) is 4.72. The van der Waals surface area contributed by atoms with Gasteiger partial charge in [-0.25, -0.2) is 9.59 Å². The lowest BCUT2D eigenvalue weighted by atomic mass is 10.1. The maximum atomic E-state index is 12.4. The molecule has 0 aliphatic rings. The Morgan fingerprint density at radius 3 is 2.48 bits per heavy atom. The van der Waals surface area contributed by atoms with Crippen molar-refractivity contribution in [2.75, 3.05) is 5.32 Å². The molecule has 3 N–H and O–H groups in total. The number of hydrogen-bond donors (Lipinski definition) is 3. The molecule has 3 rings (SSSR count). The Morgan fingerprint density at radius 2 is 1.81 bits per heavy atom. The average Bonchev–Trinajstić information content (AvgIpc) is 3.09. The largest absolute Gasteiger partial charge is 0.508 e. The molecule has 0 aliphatic carbocycles. The van der Waals surface area contributed by atoms with E-state index in [-0.39, 0.29) is 17.8 Å². The third kappa shape index (κ3) is 6.25. The summed E-state index contributed by atoms with van der Waals surface area (Å²) < 4.78 is 6.88. The van der Waals surface area contributed by atoms with E-state index in [0.717, 1.165) is 23.8 Å². The van der Waals surface area contributed by atoms with Gasteiger partial charge in [0.2, 0.25) is 0 Å². The van der Waals surface area contributed by atoms with Crippen molar-refractivity contribution in [1.29, 1.82) is 0 Å². The van der Waals surface area contributed by atoms with Crippen LogP contribution in [0.1, 0.15) is 39.7 Å². The first-order valence-electron chi connectivity index (χ1n) is 10.3. The third-order valence-electron chi connectivity index (χ3n) is 4.72. The zero-order chi connectivity index (χ0) is 22.6. The SMILES string of the molecule is CC(CCc1ccc(O)cc1)NC(=O)Nc1ccc2ccn(C(=O)OC(C)(C)C)c2c1. The van der Waals surface area contributed by atoms with Gasteiger partial charge in [0.25, 0.3) is 0 Å². The Kier molecular flexibility index (Phi) is 6.53. The van der Waals surface area contributed by atoms with Crippen LogP contribution in [0.5, 0.6) is 5.75 Å². The lowest BCUT2D eigenvalue weighted by Crippen LogP contribution is -2.36. The van der Waals surface area contributed by atoms with Gasteiger partial charge in [0, 0.05) is 23.3 Å². The van der Waals surface area contributed by atoms with Crippen LogP contribution < -0.4 is 10.6 Å². The topological polar surface area (TPSA) is 92.6 Å². The maximum Gasteiger partial charge on any atom is 0.418 e. The molecule has 7 nitrogen and oxygen atoms in total. The standard InChI is InChI=1S/C24H29N3O4/c1-16(5-6-17-7-11-20(28)12-8-17)25-22(29)26-19-10-9-18-13-14-27(21(18)15-19)23(30)31-24(2,3)4/h7-16,28H,5-6H2,1-4H3,(H2,25,26,29). The molecule has 164 valence electrons. The van der Waals surface area contributed by atoms with Gasteiger partial charge >= 0.3 is 12.1 Å². The molecule has 7 heteroatoms. The minimum atomic E-state index is -0.598. The number of hydrogen-bond acceptors (Lipinski definition) is 4. The number of carbonyl (C=O) groups is 2. The second kappa shape index (κ2) is 9.12. The van der Waals surface area contributed by atoms with Crippen LogP contribution in [0.2, 0.25) is 0 Å². The van der Waals surface area contributed by atoms with Gasteiger partial charge in [0.05, 0.1) is 5.52 Å². The van der Waals surface area contributed by atoms with Crippen LogP contribution in [0.25, 0.3) is 10.9 Å². The van der Waals surface area contributed by atoms with Crippen LogP contribution in [-0.4, -0.2) is 33.4 Å². The van der Waals surface area contributed by atoms with Gasteiger partial charge in [0.15, 0.2) is 0 Å². The van der Waals surface area contributed by atoms with Crippen molar-refractivity contribution >= 4 is 28.7 Å². The zero-order valence-corrected chi connectivity index (χ0v) is 18.3. The van der Waals surface area contributed by atoms with E-state index in [9.17, 15) is 14.7 Å². The highest BCUT2D eigenvalue weighted by Gasteiger charge is 2.19. The van der Waals surface area contributed by atoms with Crippen LogP contribution >= 0.6 is 0 Å². The van der Waals surface area contributed by atoms with E-state index in [4.69, 9.17) is 4.74 Å². The van der Waals surface area contributed by atoms with E-state index < -0.39 is 11.7 Å². The quantitative estimate of drug-likeness (QED) is 0.521. The van der Waals surface area contributed by atoms with Gasteiger partial charge in [-0.3, -0.25) is 4.57 Å². The van der Waals surface area contributed by atoms with Crippen molar-refractivity contribution in [3.63, 3.8) is 0 Å². The van der Waals surface area contributed by atoms with Gasteiger partial charge in [-0.2, -0.15) is 0 Å². The van der Waals surface area contributed by atoms with Gasteiger partial charge in [0.1, 0.15) is 11.4 Å². The Hall–Kier alpha value is -3.48. The summed E-state index contributed by atoms with van der Waals surface area (Å²) in [5.41, 5.74) is 1.74. The van der Waals surface area contributed by atoms with Crippen LogP contribution in [0.4, 0.5) is 15.3 Å². The molecule has 0 radical (unpaired) electrons. The molecule has 1 heterocycles. The number of aromatic nitrogens is 1. The second-order valence-corrected chi connectivity index (χ2v) is 8.64. The van der Waals surface area contributed by atoms with E-state index in [1.54, 1.807) is 30.5 Å². The number of nitrogens with zero attached hydrogens (tertiary/aromatic N) is 1. The number of aromatic hydroxyl groups is 1. The predicted molar refractivity (Wildman–Crippen MR) is 122 cm³/mol. The summed E-state index contributed by atoms with van der Waals surface area (Å²) in [5, 5.41) is 16.0. The van der Waals surface area contributed by atoms with Crippen molar-refractivity contribution in [3.8, 4) is 5.75 Å². The molecule has 0 saturated heterocycles. The van der Waals surface area contributed by atoms with Crippen molar-refractivity contribution in [3.05, 3.63) is 60.3 Å². The molecule has 2 amide bonds. The Labute approximate surface area is 182 Å². The Bertz CT molecular complexity index is 1060. The lowest BCUT2D eigenvalue weighted by Gasteiger charge is -2.20. The number of fused-ring (bicyclic) bond motifs is 1. The lowest BCUT2D eigenvalue weighted by molar-refractivity contribution is 0.0544. The van der Waals surface area contributed by atoms with Crippen LogP contribution in [-0.2, 0) is 11.2 Å². The highest BCUT2D eigenvalue weighted by Crippen LogP contribution is 2.22. The first-order valence-corrected chi connectivity index (χ1v) is 10.3. The first kappa shape index (κ1) is 22.2. The summed E-state index contributed by atoms with van der Waals surface area (Å²) >= 11 is 0. The summed E-state index contributed by atoms with van der Waals surface area (Å²) in [6.45, 7) is 7.39. The van der Waals surface area contributed by atoms with E-state index >= 15 is 0 Å². The maximum absolute atomic E-state index is 12.4. The molecular weight excluding hydrogens is 394 g/mol. The van der Waals surface area contributed by atoms with Crippen molar-refractivity contribution in [2.45, 2.75) is 52.2 Å². The number of ether oxygens (including phenoxy) is 1. The van der Waals surface area contributed by atoms with Crippen LogP contribution in [0.3, 0.4) is 0 Å². The molecule has 0 bridgehead atoms. The van der Waals surface area contributed by atoms with Gasteiger partial charge in [-0.15, -0.1) is 0 Å². The molecule has 0 aliphatic heterocycles. The van der Waals surface area contributed by atoms with Crippen LogP contribution in [0, 0.1) is 0 Å². The predicted octanol–water partition coefficient (Wildman–Crippen LogP) is 5.27. The van der Waals surface area contributed by atoms with E-state index in [0.29, 0.717) is 11.2 Å². The molecule has 0 spiro atoms. The fraction of sp³-hybridized carbons (Fsp3) is 0.333. The minimum Gasteiger partial charge on any atom is -0.508 e. The summed E-state index contributed by atoms with van der Waals surface area (Å²) in [4.78, 5) is 24.9. The number of nitrogens with one attached hydrogen (secondary N) is 2. The van der Waals surface area contributed by atoms with Gasteiger partial charge < -0.3 is 20.5 Å². The molecule has 1 unspecified atom stereocenters. The number of anilines is 1. The zero-order valence-electron chi connectivity index (χ0n) is 18.3. The molecule has 2 aromatic carbocycles. The highest BCUT2D eigenvalue weighted by atomic mass is 16.6. The summed E-state index contributed by atoms with van der Waals surface area (Å²) in [6.07, 6.45) is 2.75. The molecule has 3 aromatic rings. The normalized spacial score (nSPS) is 12.4. The molecule has 0 saturated carbocycles. The summed E-state index contributed by atoms with van der Waals surface area (Å²) in [6, 6.07) is 13.9. The van der Waals surface area contributed by atoms with Gasteiger partial charge in [-0.1, -0.05) is 18.2 Å². The molecule has 1 atom stereocenters. The van der Waals surface area contributed by atoms with E-state index in [1.807, 2.05) is 52.0 Å². The number of urea groups is 1. The number of aryl methyl sites for hydroxylation is 1. The number of phenolic OH excluding ortho intramolecular Hbond substituents is 1.